The van der Waals surface area contributed by atoms with E-state index in [1.165, 1.54) is 22.5 Å². The number of anilines is 2. The first kappa shape index (κ1) is 18.9. The number of nitrogens with one attached hydrogen (secondary N) is 1. The van der Waals surface area contributed by atoms with Gasteiger partial charge in [0.2, 0.25) is 5.91 Å². The molecule has 140 valence electrons. The predicted molar refractivity (Wildman–Crippen MR) is 111 cm³/mol. The molecule has 27 heavy (non-hydrogen) atoms. The van der Waals surface area contributed by atoms with Crippen molar-refractivity contribution in [2.75, 3.05) is 17.7 Å². The number of nitrogen functional groups attached to an aromatic ring is 1. The normalized spacial score (nSPS) is 10.6. The third-order valence-electron chi connectivity index (χ3n) is 4.28. The van der Waals surface area contributed by atoms with Crippen LogP contribution in [0.3, 0.4) is 0 Å². The number of nitrogens with two attached hydrogens (primary N) is 1. The molecule has 0 spiro atoms. The molecule has 0 saturated heterocycles. The Hall–Kier alpha value is -2.86. The highest BCUT2D eigenvalue weighted by Gasteiger charge is 2.09. The summed E-state index contributed by atoms with van der Waals surface area (Å²) >= 11 is 1.43. The van der Waals surface area contributed by atoms with Gasteiger partial charge in [0.15, 0.2) is 5.13 Å². The Morgan fingerprint density at radius 1 is 1.19 bits per heavy atom. The lowest BCUT2D eigenvalue weighted by Crippen LogP contribution is -2.12. The number of amides is 1. The molecule has 1 amide bonds. The number of rotatable bonds is 7. The molecule has 0 aliphatic heterocycles. The van der Waals surface area contributed by atoms with Crippen molar-refractivity contribution in [3.05, 3.63) is 59.0 Å². The summed E-state index contributed by atoms with van der Waals surface area (Å²) < 4.78 is 5.60. The fourth-order valence-electron chi connectivity index (χ4n) is 2.57. The van der Waals surface area contributed by atoms with E-state index in [1.54, 1.807) is 6.07 Å². The van der Waals surface area contributed by atoms with Crippen molar-refractivity contribution in [3.8, 4) is 17.0 Å². The molecule has 3 N–H and O–H groups in total. The molecule has 0 aliphatic carbocycles. The van der Waals surface area contributed by atoms with E-state index in [-0.39, 0.29) is 5.91 Å². The van der Waals surface area contributed by atoms with Crippen LogP contribution in [0, 0.1) is 13.8 Å². The number of benzene rings is 2. The third kappa shape index (κ3) is 5.08. The molecule has 2 aromatic carbocycles. The molecule has 5 nitrogen and oxygen atoms in total. The van der Waals surface area contributed by atoms with Gasteiger partial charge in [-0.05, 0) is 49.6 Å². The standard InChI is InChI=1S/C21H23N3O2S/c1-14-9-10-16(12-15(14)2)18-13-27-21(23-18)24-20(25)8-5-11-26-19-7-4-3-6-17(19)22/h3-4,6-7,9-10,12-13H,5,8,11,22H2,1-2H3,(H,23,24,25). The van der Waals surface area contributed by atoms with Gasteiger partial charge in [-0.25, -0.2) is 4.98 Å². The van der Waals surface area contributed by atoms with Crippen LogP contribution >= 0.6 is 11.3 Å². The molecule has 6 heteroatoms. The minimum atomic E-state index is -0.0689. The summed E-state index contributed by atoms with van der Waals surface area (Å²) in [5, 5.41) is 5.43. The molecule has 1 aromatic heterocycles. The van der Waals surface area contributed by atoms with Crippen LogP contribution in [0.25, 0.3) is 11.3 Å². The number of nitrogens with zero attached hydrogens (tertiary/aromatic N) is 1. The summed E-state index contributed by atoms with van der Waals surface area (Å²) in [6.45, 7) is 4.61. The van der Waals surface area contributed by atoms with Gasteiger partial charge in [0.05, 0.1) is 18.0 Å². The average Bonchev–Trinajstić information content (AvgIpc) is 3.11. The van der Waals surface area contributed by atoms with Crippen molar-refractivity contribution in [2.45, 2.75) is 26.7 Å². The quantitative estimate of drug-likeness (QED) is 0.455. The Bertz CT molecular complexity index is 937. The number of hydrogen-bond acceptors (Lipinski definition) is 5. The molecule has 0 aliphatic rings. The predicted octanol–water partition coefficient (Wildman–Crippen LogP) is 4.81. The molecule has 3 aromatic rings. The smallest absolute Gasteiger partial charge is 0.226 e. The first-order chi connectivity index (χ1) is 13.0. The zero-order chi connectivity index (χ0) is 19.2. The number of carbonyl (C=O) groups is 1. The van der Waals surface area contributed by atoms with E-state index in [4.69, 9.17) is 10.5 Å². The van der Waals surface area contributed by atoms with Crippen molar-refractivity contribution in [1.29, 1.82) is 0 Å². The molecule has 0 unspecified atom stereocenters. The Balaban J connectivity index is 1.48. The molecule has 1 heterocycles. The molecule has 0 fully saturated rings. The SMILES string of the molecule is Cc1ccc(-c2csc(NC(=O)CCCOc3ccccc3N)n2)cc1C. The van der Waals surface area contributed by atoms with E-state index in [9.17, 15) is 4.79 Å². The van der Waals surface area contributed by atoms with Crippen molar-refractivity contribution < 1.29 is 9.53 Å². The maximum absolute atomic E-state index is 12.1. The Kier molecular flexibility index (Phi) is 6.08. The van der Waals surface area contributed by atoms with Crippen LogP contribution in [0.4, 0.5) is 10.8 Å². The summed E-state index contributed by atoms with van der Waals surface area (Å²) in [5.74, 6) is 0.580. The highest BCUT2D eigenvalue weighted by atomic mass is 32.1. The molecule has 0 atom stereocenters. The maximum atomic E-state index is 12.1. The monoisotopic (exact) mass is 381 g/mol. The largest absolute Gasteiger partial charge is 0.491 e. The van der Waals surface area contributed by atoms with Crippen LogP contribution < -0.4 is 15.8 Å². The van der Waals surface area contributed by atoms with Crippen LogP contribution in [-0.4, -0.2) is 17.5 Å². The van der Waals surface area contributed by atoms with E-state index in [2.05, 4.69) is 42.3 Å². The fraction of sp³-hybridized carbons (Fsp3) is 0.238. The number of hydrogen-bond donors (Lipinski definition) is 2. The lowest BCUT2D eigenvalue weighted by Gasteiger charge is -2.08. The van der Waals surface area contributed by atoms with E-state index < -0.39 is 0 Å². The highest BCUT2D eigenvalue weighted by molar-refractivity contribution is 7.14. The van der Waals surface area contributed by atoms with Crippen molar-refractivity contribution in [2.24, 2.45) is 0 Å². The second-order valence-corrected chi connectivity index (χ2v) is 7.23. The molecule has 3 rings (SSSR count). The summed E-state index contributed by atoms with van der Waals surface area (Å²) in [7, 11) is 0. The van der Waals surface area contributed by atoms with Crippen LogP contribution in [-0.2, 0) is 4.79 Å². The first-order valence-corrected chi connectivity index (χ1v) is 9.71. The van der Waals surface area contributed by atoms with Gasteiger partial charge in [0.25, 0.3) is 0 Å². The number of para-hydroxylation sites is 2. The van der Waals surface area contributed by atoms with E-state index in [1.807, 2.05) is 23.6 Å². The number of carbonyl (C=O) groups excluding carboxylic acids is 1. The Labute approximate surface area is 163 Å². The summed E-state index contributed by atoms with van der Waals surface area (Å²) in [4.78, 5) is 16.6. The van der Waals surface area contributed by atoms with E-state index >= 15 is 0 Å². The summed E-state index contributed by atoms with van der Waals surface area (Å²) in [6, 6.07) is 13.6. The molecular weight excluding hydrogens is 358 g/mol. The van der Waals surface area contributed by atoms with Crippen molar-refractivity contribution in [3.63, 3.8) is 0 Å². The van der Waals surface area contributed by atoms with Crippen molar-refractivity contribution >= 4 is 28.1 Å². The van der Waals surface area contributed by atoms with Gasteiger partial charge in [-0.15, -0.1) is 11.3 Å². The zero-order valence-corrected chi connectivity index (χ0v) is 16.3. The minimum absolute atomic E-state index is 0.0689. The van der Waals surface area contributed by atoms with Crippen LogP contribution in [0.1, 0.15) is 24.0 Å². The van der Waals surface area contributed by atoms with E-state index in [0.717, 1.165) is 11.3 Å². The molecule has 0 radical (unpaired) electrons. The highest BCUT2D eigenvalue weighted by Crippen LogP contribution is 2.26. The Morgan fingerprint density at radius 3 is 2.78 bits per heavy atom. The maximum Gasteiger partial charge on any atom is 0.226 e. The number of ether oxygens (including phenoxy) is 1. The van der Waals surface area contributed by atoms with Crippen LogP contribution in [0.5, 0.6) is 5.75 Å². The average molecular weight is 382 g/mol. The molecule has 0 saturated carbocycles. The minimum Gasteiger partial charge on any atom is -0.491 e. The van der Waals surface area contributed by atoms with Gasteiger partial charge in [0.1, 0.15) is 5.75 Å². The fourth-order valence-corrected chi connectivity index (χ4v) is 3.31. The van der Waals surface area contributed by atoms with Crippen LogP contribution in [0.2, 0.25) is 0 Å². The number of thiazole rings is 1. The lowest BCUT2D eigenvalue weighted by molar-refractivity contribution is -0.116. The second kappa shape index (κ2) is 8.68. The van der Waals surface area contributed by atoms with Gasteiger partial charge < -0.3 is 15.8 Å². The molecule has 0 bridgehead atoms. The number of aryl methyl sites for hydroxylation is 2. The van der Waals surface area contributed by atoms with E-state index in [0.29, 0.717) is 36.0 Å². The third-order valence-corrected chi connectivity index (χ3v) is 5.04. The Morgan fingerprint density at radius 2 is 2.00 bits per heavy atom. The topological polar surface area (TPSA) is 77.2 Å². The van der Waals surface area contributed by atoms with Gasteiger partial charge in [-0.3, -0.25) is 4.79 Å². The second-order valence-electron chi connectivity index (χ2n) is 6.37. The lowest BCUT2D eigenvalue weighted by atomic mass is 10.1. The molecular formula is C21H23N3O2S. The van der Waals surface area contributed by atoms with Gasteiger partial charge in [-0.2, -0.15) is 0 Å². The zero-order valence-electron chi connectivity index (χ0n) is 15.5. The van der Waals surface area contributed by atoms with Crippen molar-refractivity contribution in [1.82, 2.24) is 4.98 Å². The summed E-state index contributed by atoms with van der Waals surface area (Å²) in [5.41, 5.74) is 10.8. The van der Waals surface area contributed by atoms with Gasteiger partial charge in [-0.1, -0.05) is 24.3 Å². The van der Waals surface area contributed by atoms with Gasteiger partial charge >= 0.3 is 0 Å². The number of aromatic nitrogens is 1. The van der Waals surface area contributed by atoms with Gasteiger partial charge in [0, 0.05) is 17.4 Å². The summed E-state index contributed by atoms with van der Waals surface area (Å²) in [6.07, 6.45) is 0.973. The first-order valence-electron chi connectivity index (χ1n) is 8.83. The van der Waals surface area contributed by atoms with Crippen LogP contribution in [0.15, 0.2) is 47.8 Å².